The second-order valence-corrected chi connectivity index (χ2v) is 6.25. The summed E-state index contributed by atoms with van der Waals surface area (Å²) in [6.45, 7) is 4.50. The Kier molecular flexibility index (Phi) is 3.55. The van der Waals surface area contributed by atoms with Crippen molar-refractivity contribution >= 4 is 11.6 Å². The Morgan fingerprint density at radius 3 is 3.00 bits per heavy atom. The number of pyridine rings is 1. The number of imidazole rings is 1. The molecule has 1 saturated heterocycles. The first-order valence-electron chi connectivity index (χ1n) is 8.14. The number of carbonyl (C=O) groups excluding carboxylic acids is 1. The summed E-state index contributed by atoms with van der Waals surface area (Å²) in [5, 5.41) is 3.98. The second-order valence-electron chi connectivity index (χ2n) is 6.25. The average Bonchev–Trinajstić information content (AvgIpc) is 3.25. The summed E-state index contributed by atoms with van der Waals surface area (Å²) in [6, 6.07) is 3.90. The fourth-order valence-electron chi connectivity index (χ4n) is 3.33. The minimum absolute atomic E-state index is 0.0565. The zero-order valence-corrected chi connectivity index (χ0v) is 13.8. The highest BCUT2D eigenvalue weighted by Gasteiger charge is 2.33. The van der Waals surface area contributed by atoms with Gasteiger partial charge in [0.2, 0.25) is 11.8 Å². The molecule has 0 aromatic carbocycles. The van der Waals surface area contributed by atoms with Crippen LogP contribution in [-0.2, 0) is 11.2 Å². The molecule has 1 aliphatic heterocycles. The normalized spacial score (nSPS) is 17.8. The number of fused-ring (bicyclic) bond motifs is 1. The van der Waals surface area contributed by atoms with Gasteiger partial charge in [-0.3, -0.25) is 4.79 Å². The van der Waals surface area contributed by atoms with Gasteiger partial charge in [0.25, 0.3) is 0 Å². The van der Waals surface area contributed by atoms with Crippen molar-refractivity contribution in [1.82, 2.24) is 24.4 Å². The molecule has 124 valence electrons. The molecule has 3 aromatic heterocycles. The molecule has 0 spiro atoms. The Balaban J connectivity index is 1.55. The van der Waals surface area contributed by atoms with Crippen LogP contribution in [-0.4, -0.2) is 36.9 Å². The summed E-state index contributed by atoms with van der Waals surface area (Å²) >= 11 is 0. The number of aryl methyl sites for hydroxylation is 2. The fraction of sp³-hybridized carbons (Fsp3) is 0.412. The monoisotopic (exact) mass is 325 g/mol. The third-order valence-electron chi connectivity index (χ3n) is 4.47. The van der Waals surface area contributed by atoms with E-state index in [1.54, 1.807) is 6.92 Å². The molecule has 0 N–H and O–H groups in total. The zero-order chi connectivity index (χ0) is 16.7. The molecule has 7 heteroatoms. The maximum absolute atomic E-state index is 12.8. The van der Waals surface area contributed by atoms with E-state index in [0.717, 1.165) is 36.3 Å². The SMILES string of the molecule is Cc1nc([C@@H]2CCCN2C(=O)Cc2cn3cccc(C)c3n2)no1. The number of carbonyl (C=O) groups is 1. The standard InChI is InChI=1S/C17H19N5O2/c1-11-5-3-7-21-10-13(19-17(11)21)9-15(23)22-8-4-6-14(22)16-18-12(2)24-20-16/h3,5,7,10,14H,4,6,8-9H2,1-2H3/t14-/m0/s1. The summed E-state index contributed by atoms with van der Waals surface area (Å²) in [4.78, 5) is 23.5. The van der Waals surface area contributed by atoms with Crippen LogP contribution in [0.5, 0.6) is 0 Å². The molecule has 0 bridgehead atoms. The highest BCUT2D eigenvalue weighted by atomic mass is 16.5. The summed E-state index contributed by atoms with van der Waals surface area (Å²) in [5.74, 6) is 1.19. The molecule has 0 unspecified atom stereocenters. The summed E-state index contributed by atoms with van der Waals surface area (Å²) in [6.07, 6.45) is 5.98. The molecule has 4 heterocycles. The predicted molar refractivity (Wildman–Crippen MR) is 86.4 cm³/mol. The Bertz CT molecular complexity index is 897. The van der Waals surface area contributed by atoms with Crippen LogP contribution < -0.4 is 0 Å². The molecule has 0 aliphatic carbocycles. The number of nitrogens with zero attached hydrogens (tertiary/aromatic N) is 5. The largest absolute Gasteiger partial charge is 0.340 e. The summed E-state index contributed by atoms with van der Waals surface area (Å²) in [5.41, 5.74) is 2.77. The third kappa shape index (κ3) is 2.55. The number of hydrogen-bond donors (Lipinski definition) is 0. The number of rotatable bonds is 3. The van der Waals surface area contributed by atoms with E-state index in [-0.39, 0.29) is 18.4 Å². The second kappa shape index (κ2) is 5.74. The van der Waals surface area contributed by atoms with Gasteiger partial charge in [0.15, 0.2) is 5.82 Å². The number of likely N-dealkylation sites (tertiary alicyclic amines) is 1. The maximum Gasteiger partial charge on any atom is 0.229 e. The molecular weight excluding hydrogens is 306 g/mol. The van der Waals surface area contributed by atoms with Crippen molar-refractivity contribution in [2.45, 2.75) is 39.2 Å². The van der Waals surface area contributed by atoms with E-state index in [9.17, 15) is 4.79 Å². The van der Waals surface area contributed by atoms with Gasteiger partial charge in [0, 0.05) is 25.9 Å². The molecular formula is C17H19N5O2. The highest BCUT2D eigenvalue weighted by molar-refractivity contribution is 5.79. The van der Waals surface area contributed by atoms with Crippen molar-refractivity contribution in [3.8, 4) is 0 Å². The van der Waals surface area contributed by atoms with Crippen LogP contribution in [0.1, 0.15) is 41.9 Å². The molecule has 0 radical (unpaired) electrons. The molecule has 7 nitrogen and oxygen atoms in total. The summed E-state index contributed by atoms with van der Waals surface area (Å²) in [7, 11) is 0. The van der Waals surface area contributed by atoms with Gasteiger partial charge < -0.3 is 13.8 Å². The first-order chi connectivity index (χ1) is 11.6. The first-order valence-corrected chi connectivity index (χ1v) is 8.14. The zero-order valence-electron chi connectivity index (χ0n) is 13.8. The molecule has 4 rings (SSSR count). The lowest BCUT2D eigenvalue weighted by atomic mass is 10.2. The van der Waals surface area contributed by atoms with Gasteiger partial charge in [-0.25, -0.2) is 4.98 Å². The van der Waals surface area contributed by atoms with Crippen LogP contribution in [0.3, 0.4) is 0 Å². The van der Waals surface area contributed by atoms with E-state index in [4.69, 9.17) is 4.52 Å². The van der Waals surface area contributed by atoms with Gasteiger partial charge in [-0.05, 0) is 31.4 Å². The van der Waals surface area contributed by atoms with Gasteiger partial charge in [0.1, 0.15) is 5.65 Å². The maximum atomic E-state index is 12.8. The van der Waals surface area contributed by atoms with E-state index in [1.807, 2.05) is 40.8 Å². The minimum atomic E-state index is -0.0892. The van der Waals surface area contributed by atoms with E-state index in [2.05, 4.69) is 15.1 Å². The van der Waals surface area contributed by atoms with Crippen molar-refractivity contribution < 1.29 is 9.32 Å². The number of amides is 1. The molecule has 24 heavy (non-hydrogen) atoms. The van der Waals surface area contributed by atoms with Crippen LogP contribution in [0.25, 0.3) is 5.65 Å². The predicted octanol–water partition coefficient (Wildman–Crippen LogP) is 2.24. The van der Waals surface area contributed by atoms with Crippen molar-refractivity contribution in [1.29, 1.82) is 0 Å². The molecule has 0 saturated carbocycles. The lowest BCUT2D eigenvalue weighted by Crippen LogP contribution is -2.32. The summed E-state index contributed by atoms with van der Waals surface area (Å²) < 4.78 is 7.02. The average molecular weight is 325 g/mol. The number of hydrogen-bond acceptors (Lipinski definition) is 5. The Morgan fingerprint density at radius 1 is 1.38 bits per heavy atom. The molecule has 1 fully saturated rings. The van der Waals surface area contributed by atoms with E-state index >= 15 is 0 Å². The quantitative estimate of drug-likeness (QED) is 0.738. The van der Waals surface area contributed by atoms with Crippen molar-refractivity contribution in [3.05, 3.63) is 47.5 Å². The molecule has 3 aromatic rings. The third-order valence-corrected chi connectivity index (χ3v) is 4.47. The van der Waals surface area contributed by atoms with Crippen molar-refractivity contribution in [2.24, 2.45) is 0 Å². The van der Waals surface area contributed by atoms with Crippen LogP contribution in [0.2, 0.25) is 0 Å². The molecule has 1 atom stereocenters. The minimum Gasteiger partial charge on any atom is -0.340 e. The lowest BCUT2D eigenvalue weighted by molar-refractivity contribution is -0.131. The van der Waals surface area contributed by atoms with E-state index in [0.29, 0.717) is 11.7 Å². The van der Waals surface area contributed by atoms with Gasteiger partial charge >= 0.3 is 0 Å². The fourth-order valence-corrected chi connectivity index (χ4v) is 3.33. The van der Waals surface area contributed by atoms with Crippen LogP contribution in [0.15, 0.2) is 29.0 Å². The highest BCUT2D eigenvalue weighted by Crippen LogP contribution is 2.30. The van der Waals surface area contributed by atoms with E-state index in [1.165, 1.54) is 0 Å². The number of aromatic nitrogens is 4. The van der Waals surface area contributed by atoms with Crippen LogP contribution in [0, 0.1) is 13.8 Å². The van der Waals surface area contributed by atoms with Gasteiger partial charge in [-0.2, -0.15) is 4.98 Å². The molecule has 1 aliphatic rings. The topological polar surface area (TPSA) is 76.5 Å². The molecule has 1 amide bonds. The Labute approximate surface area is 139 Å². The Morgan fingerprint density at radius 2 is 2.25 bits per heavy atom. The van der Waals surface area contributed by atoms with Gasteiger partial charge in [0.05, 0.1) is 18.2 Å². The van der Waals surface area contributed by atoms with Crippen molar-refractivity contribution in [2.75, 3.05) is 6.54 Å². The lowest BCUT2D eigenvalue weighted by Gasteiger charge is -2.21. The van der Waals surface area contributed by atoms with Gasteiger partial charge in [-0.15, -0.1) is 0 Å². The van der Waals surface area contributed by atoms with Gasteiger partial charge in [-0.1, -0.05) is 11.2 Å². The van der Waals surface area contributed by atoms with Crippen LogP contribution >= 0.6 is 0 Å². The first kappa shape index (κ1) is 14.9. The Hall–Kier alpha value is -2.70. The van der Waals surface area contributed by atoms with Crippen LogP contribution in [0.4, 0.5) is 0 Å². The smallest absolute Gasteiger partial charge is 0.229 e. The van der Waals surface area contributed by atoms with E-state index < -0.39 is 0 Å². The van der Waals surface area contributed by atoms with Crippen molar-refractivity contribution in [3.63, 3.8) is 0 Å².